The molecule has 0 saturated heterocycles. The smallest absolute Gasteiger partial charge is 0.174 e. The third kappa shape index (κ3) is 4.79. The monoisotopic (exact) mass is 399 g/mol. The number of carbonyl (C=O) groups excluding carboxylic acids is 1. The molecule has 0 bridgehead atoms. The fourth-order valence-electron chi connectivity index (χ4n) is 2.78. The number of ketones is 1. The van der Waals surface area contributed by atoms with Crippen molar-refractivity contribution in [2.75, 3.05) is 0 Å². The molecule has 140 valence electrons. The summed E-state index contributed by atoms with van der Waals surface area (Å²) in [5, 5.41) is 9.04. The van der Waals surface area contributed by atoms with Crippen molar-refractivity contribution >= 4 is 28.7 Å². The highest BCUT2D eigenvalue weighted by Gasteiger charge is 2.20. The van der Waals surface area contributed by atoms with Crippen LogP contribution in [0.2, 0.25) is 5.15 Å². The summed E-state index contributed by atoms with van der Waals surface area (Å²) in [4.78, 5) is 17.7. The van der Waals surface area contributed by atoms with Crippen molar-refractivity contribution in [3.8, 4) is 11.1 Å². The van der Waals surface area contributed by atoms with Crippen molar-refractivity contribution in [3.05, 3.63) is 62.8 Å². The van der Waals surface area contributed by atoms with Gasteiger partial charge in [-0.25, -0.2) is 4.98 Å². The zero-order valence-corrected chi connectivity index (χ0v) is 17.5. The molecule has 0 saturated carbocycles. The minimum atomic E-state index is -0.0275. The molecule has 0 aliphatic heterocycles. The molecule has 2 aromatic heterocycles. The summed E-state index contributed by atoms with van der Waals surface area (Å²) < 4.78 is 0. The van der Waals surface area contributed by atoms with E-state index < -0.39 is 0 Å². The maximum atomic E-state index is 12.5. The molecule has 0 radical (unpaired) electrons. The Kier molecular flexibility index (Phi) is 5.72. The third-order valence-electron chi connectivity index (χ3n) is 4.34. The molecule has 0 amide bonds. The molecular weight excluding hydrogens is 378 g/mol. The van der Waals surface area contributed by atoms with E-state index in [-0.39, 0.29) is 11.2 Å². The maximum Gasteiger partial charge on any atom is 0.174 e. The molecule has 0 spiro atoms. The molecule has 2 heterocycles. The van der Waals surface area contributed by atoms with Gasteiger partial charge in [-0.2, -0.15) is 5.10 Å². The summed E-state index contributed by atoms with van der Waals surface area (Å²) in [5.74, 6) is 0.150. The van der Waals surface area contributed by atoms with Gasteiger partial charge >= 0.3 is 0 Å². The molecule has 0 unspecified atom stereocenters. The van der Waals surface area contributed by atoms with Gasteiger partial charge < -0.3 is 0 Å². The second-order valence-electron chi connectivity index (χ2n) is 7.61. The first-order valence-electron chi connectivity index (χ1n) is 8.81. The molecule has 1 aromatic carbocycles. The molecular formula is C21H22ClN3OS. The van der Waals surface area contributed by atoms with Crippen molar-refractivity contribution in [3.63, 3.8) is 0 Å². The van der Waals surface area contributed by atoms with E-state index in [1.54, 1.807) is 18.5 Å². The van der Waals surface area contributed by atoms with Crippen LogP contribution in [-0.4, -0.2) is 21.0 Å². The van der Waals surface area contributed by atoms with Crippen LogP contribution in [0, 0.1) is 6.92 Å². The minimum Gasteiger partial charge on any atom is -0.293 e. The van der Waals surface area contributed by atoms with Crippen LogP contribution in [0.25, 0.3) is 11.1 Å². The highest BCUT2D eigenvalue weighted by molar-refractivity contribution is 7.13. The molecule has 0 aliphatic rings. The number of halogens is 1. The maximum absolute atomic E-state index is 12.5. The summed E-state index contributed by atoms with van der Waals surface area (Å²) in [6.45, 7) is 8.38. The normalized spacial score (nSPS) is 11.6. The van der Waals surface area contributed by atoms with Gasteiger partial charge in [-0.1, -0.05) is 50.6 Å². The van der Waals surface area contributed by atoms with Gasteiger partial charge in [0, 0.05) is 23.6 Å². The zero-order valence-electron chi connectivity index (χ0n) is 15.9. The number of aryl methyl sites for hydroxylation is 2. The lowest BCUT2D eigenvalue weighted by molar-refractivity contribution is 0.0986. The molecule has 0 aliphatic carbocycles. The Hall–Kier alpha value is -2.11. The summed E-state index contributed by atoms with van der Waals surface area (Å²) in [6.07, 6.45) is 4.60. The average molecular weight is 400 g/mol. The van der Waals surface area contributed by atoms with Gasteiger partial charge in [0.15, 0.2) is 10.9 Å². The number of aromatic nitrogens is 3. The molecule has 3 aromatic rings. The number of hydrogen-bond donors (Lipinski definition) is 0. The van der Waals surface area contributed by atoms with Crippen LogP contribution in [0.4, 0.5) is 0 Å². The number of carbonyl (C=O) groups is 1. The van der Waals surface area contributed by atoms with E-state index in [0.29, 0.717) is 18.0 Å². The first kappa shape index (κ1) is 19.6. The molecule has 0 fully saturated rings. The van der Waals surface area contributed by atoms with E-state index in [9.17, 15) is 4.79 Å². The molecule has 6 heteroatoms. The highest BCUT2D eigenvalue weighted by Crippen LogP contribution is 2.28. The second kappa shape index (κ2) is 7.87. The van der Waals surface area contributed by atoms with E-state index in [2.05, 4.69) is 55.0 Å². The first-order valence-corrected chi connectivity index (χ1v) is 10.0. The van der Waals surface area contributed by atoms with E-state index >= 15 is 0 Å². The van der Waals surface area contributed by atoms with E-state index in [4.69, 9.17) is 11.6 Å². The highest BCUT2D eigenvalue weighted by atomic mass is 35.5. The van der Waals surface area contributed by atoms with Crippen LogP contribution in [0.15, 0.2) is 36.7 Å². The predicted octanol–water partition coefficient (Wildman–Crippen LogP) is 5.67. The Balaban J connectivity index is 1.69. The number of nitrogens with zero attached hydrogens (tertiary/aromatic N) is 3. The van der Waals surface area contributed by atoms with Gasteiger partial charge in [0.05, 0.1) is 16.1 Å². The average Bonchev–Trinajstić information content (AvgIpc) is 3.11. The molecule has 27 heavy (non-hydrogen) atoms. The summed E-state index contributed by atoms with van der Waals surface area (Å²) >= 11 is 7.43. The van der Waals surface area contributed by atoms with Gasteiger partial charge in [0.1, 0.15) is 0 Å². The number of rotatable bonds is 5. The van der Waals surface area contributed by atoms with Crippen molar-refractivity contribution in [2.45, 2.75) is 46.0 Å². The van der Waals surface area contributed by atoms with Gasteiger partial charge in [0.25, 0.3) is 0 Å². The number of Topliss-reactive ketones (excluding diaryl/α,β-unsaturated/α-hetero) is 1. The summed E-state index contributed by atoms with van der Waals surface area (Å²) in [6, 6.07) is 7.99. The Bertz CT molecular complexity index is 976. The summed E-state index contributed by atoms with van der Waals surface area (Å²) in [5.41, 5.74) is 4.26. The lowest BCUT2D eigenvalue weighted by atomic mass is 9.97. The minimum absolute atomic E-state index is 0.0275. The van der Waals surface area contributed by atoms with E-state index in [1.165, 1.54) is 16.9 Å². The van der Waals surface area contributed by atoms with Gasteiger partial charge in [-0.05, 0) is 36.1 Å². The molecule has 3 rings (SSSR count). The van der Waals surface area contributed by atoms with Crippen molar-refractivity contribution < 1.29 is 4.79 Å². The van der Waals surface area contributed by atoms with E-state index in [0.717, 1.165) is 26.6 Å². The van der Waals surface area contributed by atoms with Crippen molar-refractivity contribution in [2.24, 2.45) is 0 Å². The first-order chi connectivity index (χ1) is 12.7. The van der Waals surface area contributed by atoms with Crippen LogP contribution in [0.3, 0.4) is 0 Å². The number of benzene rings is 1. The number of thiazole rings is 1. The Labute approximate surface area is 168 Å². The topological polar surface area (TPSA) is 55.7 Å². The second-order valence-corrected chi connectivity index (χ2v) is 9.03. The van der Waals surface area contributed by atoms with E-state index in [1.807, 2.05) is 6.07 Å². The zero-order chi connectivity index (χ0) is 19.6. The largest absolute Gasteiger partial charge is 0.293 e. The molecule has 0 atom stereocenters. The lowest BCUT2D eigenvalue weighted by Crippen LogP contribution is -2.09. The Morgan fingerprint density at radius 3 is 2.56 bits per heavy atom. The van der Waals surface area contributed by atoms with Gasteiger partial charge in [-0.15, -0.1) is 16.4 Å². The standard InChI is InChI=1S/C21H22ClN3OS/c1-13-9-15(16-10-19(22)25-24-11-16)6-5-14(13)7-8-17(26)18-12-23-20(27-18)21(2,3)4/h5-6,9-12H,7-8H2,1-4H3. The Morgan fingerprint density at radius 2 is 1.93 bits per heavy atom. The van der Waals surface area contributed by atoms with Gasteiger partial charge in [0.2, 0.25) is 0 Å². The molecule has 0 N–H and O–H groups in total. The quantitative estimate of drug-likeness (QED) is 0.518. The lowest BCUT2D eigenvalue weighted by Gasteiger charge is -2.13. The van der Waals surface area contributed by atoms with Crippen LogP contribution >= 0.6 is 22.9 Å². The van der Waals surface area contributed by atoms with Crippen LogP contribution in [-0.2, 0) is 11.8 Å². The van der Waals surface area contributed by atoms with Gasteiger partial charge in [-0.3, -0.25) is 4.79 Å². The predicted molar refractivity (Wildman–Crippen MR) is 111 cm³/mol. The fourth-order valence-corrected chi connectivity index (χ4v) is 3.88. The SMILES string of the molecule is Cc1cc(-c2cnnc(Cl)c2)ccc1CCC(=O)c1cnc(C(C)(C)C)s1. The fraction of sp³-hybridized carbons (Fsp3) is 0.333. The van der Waals surface area contributed by atoms with Crippen molar-refractivity contribution in [1.29, 1.82) is 0 Å². The van der Waals surface area contributed by atoms with Crippen LogP contribution in [0.5, 0.6) is 0 Å². The Morgan fingerprint density at radius 1 is 1.15 bits per heavy atom. The van der Waals surface area contributed by atoms with Crippen molar-refractivity contribution in [1.82, 2.24) is 15.2 Å². The molecule has 4 nitrogen and oxygen atoms in total. The van der Waals surface area contributed by atoms with Crippen LogP contribution < -0.4 is 0 Å². The number of hydrogen-bond acceptors (Lipinski definition) is 5. The van der Waals surface area contributed by atoms with Crippen LogP contribution in [0.1, 0.15) is 53.0 Å². The third-order valence-corrected chi connectivity index (χ3v) is 5.99. The summed E-state index contributed by atoms with van der Waals surface area (Å²) in [7, 11) is 0.